The Kier molecular flexibility index (Phi) is 3.34. The van der Waals surface area contributed by atoms with Crippen molar-refractivity contribution in [2.75, 3.05) is 20.0 Å². The summed E-state index contributed by atoms with van der Waals surface area (Å²) in [6.45, 7) is 0. The molecule has 18 heavy (non-hydrogen) atoms. The molecule has 0 bridgehead atoms. The monoisotopic (exact) mass is 267 g/mol. The number of halogens is 1. The quantitative estimate of drug-likeness (QED) is 0.927. The Balaban J connectivity index is 2.65. The van der Waals surface area contributed by atoms with Crippen molar-refractivity contribution in [1.29, 1.82) is 0 Å². The maximum absolute atomic E-state index is 6.06. The number of aryl methyl sites for hydroxylation is 1. The van der Waals surface area contributed by atoms with Crippen molar-refractivity contribution < 1.29 is 9.47 Å². The number of hydrogen-bond donors (Lipinski definition) is 1. The van der Waals surface area contributed by atoms with E-state index >= 15 is 0 Å². The first-order chi connectivity index (χ1) is 8.58. The Bertz CT molecular complexity index is 581. The van der Waals surface area contributed by atoms with Gasteiger partial charge >= 0.3 is 0 Å². The van der Waals surface area contributed by atoms with E-state index in [-0.39, 0.29) is 0 Å². The van der Waals surface area contributed by atoms with E-state index < -0.39 is 0 Å². The molecular formula is C12H14ClN3O2. The number of ether oxygens (including phenoxy) is 2. The first-order valence-electron chi connectivity index (χ1n) is 5.27. The summed E-state index contributed by atoms with van der Waals surface area (Å²) < 4.78 is 12.1. The fourth-order valence-electron chi connectivity index (χ4n) is 1.73. The molecule has 2 aromatic rings. The van der Waals surface area contributed by atoms with Gasteiger partial charge in [-0.3, -0.25) is 4.68 Å². The number of methoxy groups -OCH3 is 2. The Morgan fingerprint density at radius 2 is 1.83 bits per heavy atom. The largest absolute Gasteiger partial charge is 0.496 e. The fourth-order valence-corrected chi connectivity index (χ4v) is 1.96. The highest BCUT2D eigenvalue weighted by Gasteiger charge is 2.16. The number of hydrogen-bond acceptors (Lipinski definition) is 4. The minimum absolute atomic E-state index is 0.487. The predicted octanol–water partition coefficient (Wildman–Crippen LogP) is 2.34. The highest BCUT2D eigenvalue weighted by Crippen LogP contribution is 2.40. The summed E-state index contributed by atoms with van der Waals surface area (Å²) in [4.78, 5) is 0. The molecule has 0 unspecified atom stereocenters. The Morgan fingerprint density at radius 3 is 2.33 bits per heavy atom. The van der Waals surface area contributed by atoms with Crippen LogP contribution in [0.3, 0.4) is 0 Å². The van der Waals surface area contributed by atoms with Gasteiger partial charge in [0.25, 0.3) is 0 Å². The average Bonchev–Trinajstić information content (AvgIpc) is 2.70. The SMILES string of the molecule is COc1cc(-c2cnn(C)c2N)c(OC)cc1Cl. The minimum Gasteiger partial charge on any atom is -0.496 e. The standard InChI is InChI=1S/C12H14ClN3O2/c1-16-12(14)8(6-15-16)7-4-11(18-3)9(13)5-10(7)17-2/h4-6H,14H2,1-3H3. The normalized spacial score (nSPS) is 10.4. The number of nitrogen functional groups attached to an aromatic ring is 1. The lowest BCUT2D eigenvalue weighted by Gasteiger charge is -2.11. The van der Waals surface area contributed by atoms with Crippen LogP contribution in [0.1, 0.15) is 0 Å². The molecule has 0 atom stereocenters. The second-order valence-electron chi connectivity index (χ2n) is 3.75. The zero-order valence-electron chi connectivity index (χ0n) is 10.4. The van der Waals surface area contributed by atoms with Crippen LogP contribution in [0.15, 0.2) is 18.3 Å². The van der Waals surface area contributed by atoms with Crippen LogP contribution in [0.5, 0.6) is 11.5 Å². The molecule has 2 N–H and O–H groups in total. The molecule has 0 spiro atoms. The lowest BCUT2D eigenvalue weighted by Crippen LogP contribution is -1.99. The molecular weight excluding hydrogens is 254 g/mol. The molecule has 0 saturated carbocycles. The summed E-state index contributed by atoms with van der Waals surface area (Å²) in [6.07, 6.45) is 1.68. The van der Waals surface area contributed by atoms with Crippen molar-refractivity contribution in [3.63, 3.8) is 0 Å². The molecule has 1 heterocycles. The summed E-state index contributed by atoms with van der Waals surface area (Å²) in [6, 6.07) is 3.48. The van der Waals surface area contributed by atoms with Gasteiger partial charge in [-0.1, -0.05) is 11.6 Å². The van der Waals surface area contributed by atoms with Gasteiger partial charge in [-0.15, -0.1) is 0 Å². The van der Waals surface area contributed by atoms with Gasteiger partial charge in [0.05, 0.1) is 25.4 Å². The molecule has 0 radical (unpaired) electrons. The van der Waals surface area contributed by atoms with Crippen LogP contribution < -0.4 is 15.2 Å². The van der Waals surface area contributed by atoms with Crippen molar-refractivity contribution in [3.05, 3.63) is 23.4 Å². The number of rotatable bonds is 3. The van der Waals surface area contributed by atoms with Crippen LogP contribution in [-0.4, -0.2) is 24.0 Å². The third-order valence-corrected chi connectivity index (χ3v) is 3.04. The smallest absolute Gasteiger partial charge is 0.138 e. The van der Waals surface area contributed by atoms with Gasteiger partial charge in [0.1, 0.15) is 17.3 Å². The fraction of sp³-hybridized carbons (Fsp3) is 0.250. The van der Waals surface area contributed by atoms with Crippen LogP contribution in [0.25, 0.3) is 11.1 Å². The molecule has 96 valence electrons. The zero-order valence-corrected chi connectivity index (χ0v) is 11.2. The number of benzene rings is 1. The maximum atomic E-state index is 6.06. The van der Waals surface area contributed by atoms with E-state index in [0.717, 1.165) is 11.1 Å². The van der Waals surface area contributed by atoms with Gasteiger partial charge in [-0.05, 0) is 6.07 Å². The van der Waals surface area contributed by atoms with Crippen LogP contribution >= 0.6 is 11.6 Å². The molecule has 0 aliphatic rings. The lowest BCUT2D eigenvalue weighted by molar-refractivity contribution is 0.404. The van der Waals surface area contributed by atoms with Crippen molar-refractivity contribution in [1.82, 2.24) is 9.78 Å². The third kappa shape index (κ3) is 1.97. The Morgan fingerprint density at radius 1 is 1.17 bits per heavy atom. The van der Waals surface area contributed by atoms with Crippen LogP contribution in [0, 0.1) is 0 Å². The van der Waals surface area contributed by atoms with Crippen LogP contribution in [-0.2, 0) is 7.05 Å². The highest BCUT2D eigenvalue weighted by atomic mass is 35.5. The lowest BCUT2D eigenvalue weighted by atomic mass is 10.1. The molecule has 5 nitrogen and oxygen atoms in total. The van der Waals surface area contributed by atoms with Gasteiger partial charge in [-0.25, -0.2) is 0 Å². The number of aromatic nitrogens is 2. The number of nitrogens with zero attached hydrogens (tertiary/aromatic N) is 2. The van der Waals surface area contributed by atoms with Crippen LogP contribution in [0.2, 0.25) is 5.02 Å². The van der Waals surface area contributed by atoms with Crippen molar-refractivity contribution in [3.8, 4) is 22.6 Å². The van der Waals surface area contributed by atoms with Crippen molar-refractivity contribution >= 4 is 17.4 Å². The second-order valence-corrected chi connectivity index (χ2v) is 4.16. The van der Waals surface area contributed by atoms with Gasteiger partial charge in [0.2, 0.25) is 0 Å². The maximum Gasteiger partial charge on any atom is 0.138 e. The Hall–Kier alpha value is -1.88. The van der Waals surface area contributed by atoms with Gasteiger partial charge in [0.15, 0.2) is 0 Å². The predicted molar refractivity (Wildman–Crippen MR) is 71.2 cm³/mol. The topological polar surface area (TPSA) is 62.3 Å². The number of nitrogens with two attached hydrogens (primary N) is 1. The molecule has 1 aromatic carbocycles. The van der Waals surface area contributed by atoms with E-state index in [1.54, 1.807) is 44.3 Å². The molecule has 0 aliphatic carbocycles. The Labute approximate surface area is 110 Å². The molecule has 0 amide bonds. The highest BCUT2D eigenvalue weighted by molar-refractivity contribution is 6.32. The van der Waals surface area contributed by atoms with E-state index in [0.29, 0.717) is 22.3 Å². The van der Waals surface area contributed by atoms with Gasteiger partial charge < -0.3 is 15.2 Å². The van der Waals surface area contributed by atoms with E-state index in [4.69, 9.17) is 26.8 Å². The third-order valence-electron chi connectivity index (χ3n) is 2.75. The zero-order chi connectivity index (χ0) is 13.3. The minimum atomic E-state index is 0.487. The van der Waals surface area contributed by atoms with Crippen molar-refractivity contribution in [2.24, 2.45) is 7.05 Å². The van der Waals surface area contributed by atoms with E-state index in [1.807, 2.05) is 0 Å². The summed E-state index contributed by atoms with van der Waals surface area (Å²) in [5, 5.41) is 4.59. The second kappa shape index (κ2) is 4.78. The summed E-state index contributed by atoms with van der Waals surface area (Å²) >= 11 is 6.06. The first-order valence-corrected chi connectivity index (χ1v) is 5.65. The van der Waals surface area contributed by atoms with Crippen molar-refractivity contribution in [2.45, 2.75) is 0 Å². The average molecular weight is 268 g/mol. The molecule has 6 heteroatoms. The molecule has 0 saturated heterocycles. The molecule has 0 aliphatic heterocycles. The van der Waals surface area contributed by atoms with E-state index in [2.05, 4.69) is 5.10 Å². The summed E-state index contributed by atoms with van der Waals surface area (Å²) in [7, 11) is 4.91. The van der Waals surface area contributed by atoms with Gasteiger partial charge in [0, 0.05) is 24.2 Å². The summed E-state index contributed by atoms with van der Waals surface area (Å²) in [5.41, 5.74) is 7.54. The van der Waals surface area contributed by atoms with Crippen LogP contribution in [0.4, 0.5) is 5.82 Å². The number of anilines is 1. The van der Waals surface area contributed by atoms with Gasteiger partial charge in [-0.2, -0.15) is 5.10 Å². The molecule has 0 fully saturated rings. The summed E-state index contributed by atoms with van der Waals surface area (Å²) in [5.74, 6) is 1.74. The van der Waals surface area contributed by atoms with E-state index in [9.17, 15) is 0 Å². The molecule has 2 rings (SSSR count). The van der Waals surface area contributed by atoms with E-state index in [1.165, 1.54) is 0 Å². The first kappa shape index (κ1) is 12.6. The molecule has 1 aromatic heterocycles.